The van der Waals surface area contributed by atoms with E-state index in [1.807, 2.05) is 18.2 Å². The summed E-state index contributed by atoms with van der Waals surface area (Å²) >= 11 is 0. The molecule has 0 amide bonds. The van der Waals surface area contributed by atoms with E-state index >= 15 is 0 Å². The minimum atomic E-state index is -4.25. The summed E-state index contributed by atoms with van der Waals surface area (Å²) in [6.07, 6.45) is -2.20. The molecule has 104 valence electrons. The molecule has 0 aliphatic rings. The molecule has 0 fully saturated rings. The van der Waals surface area contributed by atoms with E-state index in [1.54, 1.807) is 12.4 Å². The summed E-state index contributed by atoms with van der Waals surface area (Å²) in [5.74, 6) is -0.608. The van der Waals surface area contributed by atoms with Crippen LogP contribution in [0.3, 0.4) is 0 Å². The van der Waals surface area contributed by atoms with Crippen molar-refractivity contribution in [2.75, 3.05) is 5.75 Å². The highest BCUT2D eigenvalue weighted by molar-refractivity contribution is 7.85. The maximum absolute atomic E-state index is 11.5. The van der Waals surface area contributed by atoms with Gasteiger partial charge >= 0.3 is 6.18 Å². The van der Waals surface area contributed by atoms with Crippen molar-refractivity contribution in [2.45, 2.75) is 25.4 Å². The summed E-state index contributed by atoms with van der Waals surface area (Å²) in [4.78, 5) is 3.78. The molecule has 1 rings (SSSR count). The van der Waals surface area contributed by atoms with Gasteiger partial charge in [-0.2, -0.15) is 21.6 Å². The molecule has 0 atom stereocenters. The Morgan fingerprint density at radius 1 is 1.06 bits per heavy atom. The third kappa shape index (κ3) is 14.9. The van der Waals surface area contributed by atoms with Crippen LogP contribution in [0.4, 0.5) is 13.2 Å². The summed E-state index contributed by atoms with van der Waals surface area (Å²) in [5, 5.41) is 0. The number of hydrogen-bond donors (Lipinski definition) is 1. The average molecular weight is 285 g/mol. The van der Waals surface area contributed by atoms with E-state index in [0.717, 1.165) is 0 Å². The highest BCUT2D eigenvalue weighted by atomic mass is 32.2. The van der Waals surface area contributed by atoms with Gasteiger partial charge < -0.3 is 0 Å². The summed E-state index contributed by atoms with van der Waals surface area (Å²) in [6.45, 7) is 0. The molecular formula is C10H14F3NO3S. The van der Waals surface area contributed by atoms with Gasteiger partial charge in [-0.15, -0.1) is 0 Å². The van der Waals surface area contributed by atoms with Crippen molar-refractivity contribution in [3.05, 3.63) is 30.6 Å². The molecule has 0 spiro atoms. The summed E-state index contributed by atoms with van der Waals surface area (Å²) in [5.41, 5.74) is 0. The Labute approximate surface area is 104 Å². The van der Waals surface area contributed by atoms with Gasteiger partial charge in [-0.05, 0) is 25.0 Å². The Kier molecular flexibility index (Phi) is 7.53. The fourth-order valence-corrected chi connectivity index (χ4v) is 1.49. The van der Waals surface area contributed by atoms with Crippen LogP contribution in [0.2, 0.25) is 0 Å². The second kappa shape index (κ2) is 8.04. The van der Waals surface area contributed by atoms with Crippen LogP contribution in [0.25, 0.3) is 0 Å². The SMILES string of the molecule is O=S(=O)(O)CCCCC(F)(F)F.c1ccncc1. The lowest BCUT2D eigenvalue weighted by atomic mass is 10.2. The maximum Gasteiger partial charge on any atom is 0.389 e. The third-order valence-electron chi connectivity index (χ3n) is 1.68. The standard InChI is InChI=1S/C5H9F3O3S.C5H5N/c6-5(7,8)3-1-2-4-12(9,10)11;1-2-4-6-5-3-1/h1-4H2,(H,9,10,11);1-5H. The molecule has 0 bridgehead atoms. The smallest absolute Gasteiger partial charge is 0.286 e. The Morgan fingerprint density at radius 3 is 1.89 bits per heavy atom. The van der Waals surface area contributed by atoms with Crippen LogP contribution in [0.1, 0.15) is 19.3 Å². The molecule has 0 radical (unpaired) electrons. The first-order chi connectivity index (χ1) is 8.21. The van der Waals surface area contributed by atoms with E-state index in [4.69, 9.17) is 4.55 Å². The minimum Gasteiger partial charge on any atom is -0.286 e. The average Bonchev–Trinajstić information content (AvgIpc) is 2.25. The highest BCUT2D eigenvalue weighted by Gasteiger charge is 2.26. The van der Waals surface area contributed by atoms with Crippen molar-refractivity contribution in [3.8, 4) is 0 Å². The zero-order valence-corrected chi connectivity index (χ0v) is 10.3. The molecule has 4 nitrogen and oxygen atoms in total. The predicted octanol–water partition coefficient (Wildman–Crippen LogP) is 2.69. The molecule has 8 heteroatoms. The third-order valence-corrected chi connectivity index (χ3v) is 2.48. The number of hydrogen-bond acceptors (Lipinski definition) is 3. The first kappa shape index (κ1) is 16.9. The maximum atomic E-state index is 11.5. The zero-order valence-electron chi connectivity index (χ0n) is 9.47. The van der Waals surface area contributed by atoms with E-state index in [-0.39, 0.29) is 12.8 Å². The lowest BCUT2D eigenvalue weighted by Gasteiger charge is -2.04. The van der Waals surface area contributed by atoms with Crippen molar-refractivity contribution < 1.29 is 26.1 Å². The van der Waals surface area contributed by atoms with Gasteiger partial charge in [0.2, 0.25) is 0 Å². The van der Waals surface area contributed by atoms with Gasteiger partial charge in [0.1, 0.15) is 0 Å². The van der Waals surface area contributed by atoms with Gasteiger partial charge in [0, 0.05) is 18.8 Å². The van der Waals surface area contributed by atoms with E-state index in [1.165, 1.54) is 0 Å². The topological polar surface area (TPSA) is 67.3 Å². The molecule has 0 aliphatic heterocycles. The van der Waals surface area contributed by atoms with E-state index < -0.39 is 28.5 Å². The number of halogens is 3. The first-order valence-corrected chi connectivity index (χ1v) is 6.68. The molecule has 1 N–H and O–H groups in total. The van der Waals surface area contributed by atoms with Gasteiger partial charge in [0.15, 0.2) is 0 Å². The van der Waals surface area contributed by atoms with Crippen LogP contribution in [-0.2, 0) is 10.1 Å². The fourth-order valence-electron chi connectivity index (χ4n) is 0.923. The van der Waals surface area contributed by atoms with E-state index in [9.17, 15) is 21.6 Å². The highest BCUT2D eigenvalue weighted by Crippen LogP contribution is 2.22. The molecule has 0 saturated carbocycles. The Bertz CT molecular complexity index is 379. The zero-order chi connectivity index (χ0) is 14.1. The number of rotatable bonds is 4. The molecule has 1 aromatic heterocycles. The van der Waals surface area contributed by atoms with Crippen LogP contribution >= 0.6 is 0 Å². The first-order valence-electron chi connectivity index (χ1n) is 5.07. The van der Waals surface area contributed by atoms with Crippen molar-refractivity contribution in [1.82, 2.24) is 4.98 Å². The molecule has 18 heavy (non-hydrogen) atoms. The van der Waals surface area contributed by atoms with Gasteiger partial charge in [-0.1, -0.05) is 6.07 Å². The van der Waals surface area contributed by atoms with E-state index in [0.29, 0.717) is 0 Å². The van der Waals surface area contributed by atoms with Gasteiger partial charge in [-0.3, -0.25) is 9.54 Å². The number of nitrogens with zero attached hydrogens (tertiary/aromatic N) is 1. The molecule has 0 aromatic carbocycles. The van der Waals surface area contributed by atoms with Crippen molar-refractivity contribution in [2.24, 2.45) is 0 Å². The number of pyridine rings is 1. The van der Waals surface area contributed by atoms with Crippen molar-refractivity contribution in [3.63, 3.8) is 0 Å². The van der Waals surface area contributed by atoms with Crippen LogP contribution in [0, 0.1) is 0 Å². The van der Waals surface area contributed by atoms with Crippen molar-refractivity contribution >= 4 is 10.1 Å². The molecule has 0 saturated heterocycles. The summed E-state index contributed by atoms with van der Waals surface area (Å²) in [7, 11) is -4.11. The lowest BCUT2D eigenvalue weighted by molar-refractivity contribution is -0.135. The van der Waals surface area contributed by atoms with Crippen LogP contribution in [-0.4, -0.2) is 29.9 Å². The van der Waals surface area contributed by atoms with Crippen LogP contribution < -0.4 is 0 Å². The van der Waals surface area contributed by atoms with Gasteiger partial charge in [0.05, 0.1) is 5.75 Å². The fraction of sp³-hybridized carbons (Fsp3) is 0.500. The Morgan fingerprint density at radius 2 is 1.61 bits per heavy atom. The molecule has 0 unspecified atom stereocenters. The van der Waals surface area contributed by atoms with E-state index in [2.05, 4.69) is 4.98 Å². The number of alkyl halides is 3. The molecular weight excluding hydrogens is 271 g/mol. The molecule has 0 aliphatic carbocycles. The van der Waals surface area contributed by atoms with Crippen LogP contribution in [0.15, 0.2) is 30.6 Å². The largest absolute Gasteiger partial charge is 0.389 e. The predicted molar refractivity (Wildman–Crippen MR) is 60.6 cm³/mol. The minimum absolute atomic E-state index is 0.168. The van der Waals surface area contributed by atoms with Crippen molar-refractivity contribution in [1.29, 1.82) is 0 Å². The van der Waals surface area contributed by atoms with Crippen LogP contribution in [0.5, 0.6) is 0 Å². The summed E-state index contributed by atoms with van der Waals surface area (Å²) < 4.78 is 62.6. The Hall–Kier alpha value is -1.15. The molecule has 1 heterocycles. The Balaban J connectivity index is 0.000000397. The molecule has 1 aromatic rings. The monoisotopic (exact) mass is 285 g/mol. The lowest BCUT2D eigenvalue weighted by Crippen LogP contribution is -2.09. The number of aromatic nitrogens is 1. The second-order valence-electron chi connectivity index (χ2n) is 3.38. The quantitative estimate of drug-likeness (QED) is 0.682. The second-order valence-corrected chi connectivity index (χ2v) is 4.95. The van der Waals surface area contributed by atoms with Gasteiger partial charge in [-0.25, -0.2) is 0 Å². The normalized spacial score (nSPS) is 11.6. The summed E-state index contributed by atoms with van der Waals surface area (Å²) in [6, 6.07) is 5.72. The van der Waals surface area contributed by atoms with Gasteiger partial charge in [0.25, 0.3) is 10.1 Å². The number of unbranched alkanes of at least 4 members (excludes halogenated alkanes) is 1.